The van der Waals surface area contributed by atoms with Crippen molar-refractivity contribution in [2.24, 2.45) is 5.92 Å². The molecule has 0 heterocycles. The predicted molar refractivity (Wildman–Crippen MR) is 57.2 cm³/mol. The minimum atomic E-state index is 0.0278. The van der Waals surface area contributed by atoms with Crippen LogP contribution < -0.4 is 10.6 Å². The van der Waals surface area contributed by atoms with Crippen LogP contribution in [0.15, 0.2) is 0 Å². The van der Waals surface area contributed by atoms with Crippen molar-refractivity contribution in [3.8, 4) is 0 Å². The van der Waals surface area contributed by atoms with Crippen molar-refractivity contribution in [1.29, 1.82) is 0 Å². The second-order valence-electron chi connectivity index (χ2n) is 3.60. The van der Waals surface area contributed by atoms with Crippen LogP contribution in [0, 0.1) is 5.92 Å². The normalized spacial score (nSPS) is 10.6. The van der Waals surface area contributed by atoms with Crippen LogP contribution in [0.25, 0.3) is 0 Å². The van der Waals surface area contributed by atoms with Crippen LogP contribution in [0.4, 0.5) is 0 Å². The van der Waals surface area contributed by atoms with Gasteiger partial charge in [0.25, 0.3) is 0 Å². The van der Waals surface area contributed by atoms with Crippen LogP contribution >= 0.6 is 0 Å². The molecule has 2 N–H and O–H groups in total. The Hall–Kier alpha value is -0.610. The molecule has 0 bridgehead atoms. The molecule has 0 unspecified atom stereocenters. The average Bonchev–Trinajstić information content (AvgIpc) is 2.13. The second kappa shape index (κ2) is 8.97. The zero-order valence-corrected chi connectivity index (χ0v) is 9.43. The Kier molecular flexibility index (Phi) is 8.57. The Balaban J connectivity index is 3.15. The van der Waals surface area contributed by atoms with Gasteiger partial charge in [-0.3, -0.25) is 4.79 Å². The quantitative estimate of drug-likeness (QED) is 0.560. The molecule has 0 aromatic carbocycles. The highest BCUT2D eigenvalue weighted by Gasteiger charge is 1.98. The van der Waals surface area contributed by atoms with Gasteiger partial charge in [0.15, 0.2) is 0 Å². The largest absolute Gasteiger partial charge is 0.379 e. The van der Waals surface area contributed by atoms with E-state index < -0.39 is 0 Å². The van der Waals surface area contributed by atoms with Gasteiger partial charge in [-0.2, -0.15) is 0 Å². The zero-order chi connectivity index (χ0) is 10.8. The highest BCUT2D eigenvalue weighted by atomic mass is 16.5. The van der Waals surface area contributed by atoms with Crippen LogP contribution in [-0.4, -0.2) is 38.8 Å². The monoisotopic (exact) mass is 202 g/mol. The van der Waals surface area contributed by atoms with Gasteiger partial charge in [0.1, 0.15) is 0 Å². The van der Waals surface area contributed by atoms with Gasteiger partial charge < -0.3 is 15.4 Å². The minimum Gasteiger partial charge on any atom is -0.379 e. The Morgan fingerprint density at radius 1 is 1.43 bits per heavy atom. The SMILES string of the molecule is CCNCC(=O)NCCOCC(C)C. The molecule has 0 fully saturated rings. The van der Waals surface area contributed by atoms with Gasteiger partial charge in [0.2, 0.25) is 5.91 Å². The first-order chi connectivity index (χ1) is 6.66. The topological polar surface area (TPSA) is 50.4 Å². The Labute approximate surface area is 86.4 Å². The van der Waals surface area contributed by atoms with Gasteiger partial charge in [-0.25, -0.2) is 0 Å². The summed E-state index contributed by atoms with van der Waals surface area (Å²) in [7, 11) is 0. The molecule has 0 saturated heterocycles. The first kappa shape index (κ1) is 13.4. The van der Waals surface area contributed by atoms with Crippen molar-refractivity contribution >= 4 is 5.91 Å². The first-order valence-electron chi connectivity index (χ1n) is 5.22. The number of likely N-dealkylation sites (N-methyl/N-ethyl adjacent to an activating group) is 1. The molecular formula is C10H22N2O2. The molecule has 1 amide bonds. The van der Waals surface area contributed by atoms with Crippen molar-refractivity contribution in [1.82, 2.24) is 10.6 Å². The van der Waals surface area contributed by atoms with E-state index in [0.29, 0.717) is 25.6 Å². The van der Waals surface area contributed by atoms with Gasteiger partial charge in [-0.15, -0.1) is 0 Å². The molecule has 0 rings (SSSR count). The molecule has 4 nitrogen and oxygen atoms in total. The van der Waals surface area contributed by atoms with Crippen LogP contribution in [-0.2, 0) is 9.53 Å². The summed E-state index contributed by atoms with van der Waals surface area (Å²) in [6.07, 6.45) is 0. The van der Waals surface area contributed by atoms with E-state index in [4.69, 9.17) is 4.74 Å². The van der Waals surface area contributed by atoms with E-state index in [0.717, 1.165) is 13.2 Å². The van der Waals surface area contributed by atoms with Crippen molar-refractivity contribution < 1.29 is 9.53 Å². The van der Waals surface area contributed by atoms with E-state index in [-0.39, 0.29) is 5.91 Å². The maximum atomic E-state index is 11.1. The molecule has 0 spiro atoms. The molecule has 0 aliphatic rings. The molecule has 0 aromatic heterocycles. The number of ether oxygens (including phenoxy) is 1. The van der Waals surface area contributed by atoms with Gasteiger partial charge in [-0.05, 0) is 12.5 Å². The summed E-state index contributed by atoms with van der Waals surface area (Å²) in [6.45, 7) is 9.32. The lowest BCUT2D eigenvalue weighted by Crippen LogP contribution is -2.35. The standard InChI is InChI=1S/C10H22N2O2/c1-4-11-7-10(13)12-5-6-14-8-9(2)3/h9,11H,4-8H2,1-3H3,(H,12,13). The Bertz CT molecular complexity index is 149. The maximum absolute atomic E-state index is 11.1. The third-order valence-corrected chi connectivity index (χ3v) is 1.56. The van der Waals surface area contributed by atoms with E-state index in [1.807, 2.05) is 6.92 Å². The highest BCUT2D eigenvalue weighted by molar-refractivity contribution is 5.77. The summed E-state index contributed by atoms with van der Waals surface area (Å²) in [6, 6.07) is 0. The van der Waals surface area contributed by atoms with Crippen LogP contribution in [0.1, 0.15) is 20.8 Å². The molecule has 84 valence electrons. The summed E-state index contributed by atoms with van der Waals surface area (Å²) in [5.41, 5.74) is 0. The smallest absolute Gasteiger partial charge is 0.234 e. The van der Waals surface area contributed by atoms with E-state index in [1.54, 1.807) is 0 Å². The van der Waals surface area contributed by atoms with Gasteiger partial charge in [0, 0.05) is 13.2 Å². The summed E-state index contributed by atoms with van der Waals surface area (Å²) < 4.78 is 5.31. The van der Waals surface area contributed by atoms with Gasteiger partial charge in [0.05, 0.1) is 13.2 Å². The second-order valence-corrected chi connectivity index (χ2v) is 3.60. The lowest BCUT2D eigenvalue weighted by molar-refractivity contribution is -0.120. The molecule has 14 heavy (non-hydrogen) atoms. The fraction of sp³-hybridized carbons (Fsp3) is 0.900. The zero-order valence-electron chi connectivity index (χ0n) is 9.43. The average molecular weight is 202 g/mol. The van der Waals surface area contributed by atoms with Crippen molar-refractivity contribution in [3.05, 3.63) is 0 Å². The third-order valence-electron chi connectivity index (χ3n) is 1.56. The molecule has 0 aliphatic carbocycles. The van der Waals surface area contributed by atoms with Crippen molar-refractivity contribution in [2.45, 2.75) is 20.8 Å². The minimum absolute atomic E-state index is 0.0278. The molecule has 0 aliphatic heterocycles. The fourth-order valence-electron chi connectivity index (χ4n) is 0.883. The van der Waals surface area contributed by atoms with Gasteiger partial charge in [-0.1, -0.05) is 20.8 Å². The number of hydrogen-bond acceptors (Lipinski definition) is 3. The van der Waals surface area contributed by atoms with E-state index in [1.165, 1.54) is 0 Å². The Morgan fingerprint density at radius 2 is 2.14 bits per heavy atom. The molecule has 0 aromatic rings. The molecular weight excluding hydrogens is 180 g/mol. The number of carbonyl (C=O) groups is 1. The maximum Gasteiger partial charge on any atom is 0.234 e. The molecule has 0 saturated carbocycles. The number of hydrogen-bond donors (Lipinski definition) is 2. The number of rotatable bonds is 8. The lowest BCUT2D eigenvalue weighted by atomic mass is 10.2. The summed E-state index contributed by atoms with van der Waals surface area (Å²) in [5.74, 6) is 0.576. The first-order valence-corrected chi connectivity index (χ1v) is 5.22. The number of amides is 1. The molecule has 4 heteroatoms. The third kappa shape index (κ3) is 9.48. The van der Waals surface area contributed by atoms with Crippen molar-refractivity contribution in [2.75, 3.05) is 32.8 Å². The predicted octanol–water partition coefficient (Wildman–Crippen LogP) is 0.385. The van der Waals surface area contributed by atoms with Crippen LogP contribution in [0.3, 0.4) is 0 Å². The number of nitrogens with one attached hydrogen (secondary N) is 2. The van der Waals surface area contributed by atoms with Crippen LogP contribution in [0.2, 0.25) is 0 Å². The summed E-state index contributed by atoms with van der Waals surface area (Å²) in [4.78, 5) is 11.1. The van der Waals surface area contributed by atoms with Crippen molar-refractivity contribution in [3.63, 3.8) is 0 Å². The molecule has 0 radical (unpaired) electrons. The van der Waals surface area contributed by atoms with E-state index in [2.05, 4.69) is 24.5 Å². The summed E-state index contributed by atoms with van der Waals surface area (Å²) in [5, 5.41) is 5.72. The number of carbonyl (C=O) groups excluding carboxylic acids is 1. The molecule has 0 atom stereocenters. The highest BCUT2D eigenvalue weighted by Crippen LogP contribution is 1.90. The van der Waals surface area contributed by atoms with E-state index >= 15 is 0 Å². The summed E-state index contributed by atoms with van der Waals surface area (Å²) >= 11 is 0. The van der Waals surface area contributed by atoms with Gasteiger partial charge >= 0.3 is 0 Å². The Morgan fingerprint density at radius 3 is 2.71 bits per heavy atom. The fourth-order valence-corrected chi connectivity index (χ4v) is 0.883. The van der Waals surface area contributed by atoms with E-state index in [9.17, 15) is 4.79 Å². The lowest BCUT2D eigenvalue weighted by Gasteiger charge is -2.08. The van der Waals surface area contributed by atoms with Crippen LogP contribution in [0.5, 0.6) is 0 Å².